The van der Waals surface area contributed by atoms with E-state index in [4.69, 9.17) is 5.73 Å². The van der Waals surface area contributed by atoms with E-state index in [0.717, 1.165) is 12.0 Å². The predicted octanol–water partition coefficient (Wildman–Crippen LogP) is 3.93. The summed E-state index contributed by atoms with van der Waals surface area (Å²) in [6, 6.07) is 18.9. The van der Waals surface area contributed by atoms with Crippen LogP contribution in [0.1, 0.15) is 36.6 Å². The van der Waals surface area contributed by atoms with Crippen molar-refractivity contribution >= 4 is 0 Å². The highest BCUT2D eigenvalue weighted by Gasteiger charge is 2.08. The lowest BCUT2D eigenvalue weighted by Gasteiger charge is -2.13. The summed E-state index contributed by atoms with van der Waals surface area (Å²) < 4.78 is 0. The molecule has 2 N–H and O–H groups in total. The molecule has 0 aromatic heterocycles. The van der Waals surface area contributed by atoms with Crippen LogP contribution in [0, 0.1) is 5.92 Å². The number of benzene rings is 2. The van der Waals surface area contributed by atoms with Crippen LogP contribution in [0.15, 0.2) is 54.6 Å². The fraction of sp³-hybridized carbons (Fsp3) is 0.294. The van der Waals surface area contributed by atoms with Crippen LogP contribution in [0.4, 0.5) is 0 Å². The molecule has 1 atom stereocenters. The maximum atomic E-state index is 6.27. The standard InChI is InChI=1S/C17H21N/c1-13(2)12-14-8-10-16(11-9-14)17(18)15-6-4-3-5-7-15/h3-11,13,17H,12,18H2,1-2H3. The van der Waals surface area contributed by atoms with Crippen LogP contribution in [-0.4, -0.2) is 0 Å². The van der Waals surface area contributed by atoms with Crippen LogP contribution in [-0.2, 0) is 6.42 Å². The van der Waals surface area contributed by atoms with Crippen molar-refractivity contribution in [1.29, 1.82) is 0 Å². The zero-order valence-electron chi connectivity index (χ0n) is 11.1. The highest BCUT2D eigenvalue weighted by molar-refractivity contribution is 5.33. The van der Waals surface area contributed by atoms with Crippen LogP contribution in [0.2, 0.25) is 0 Å². The minimum atomic E-state index is -0.0284. The molecule has 0 aliphatic heterocycles. The Kier molecular flexibility index (Phi) is 4.16. The molecule has 0 heterocycles. The Hall–Kier alpha value is -1.60. The Balaban J connectivity index is 2.14. The van der Waals surface area contributed by atoms with Crippen LogP contribution < -0.4 is 5.73 Å². The molecular formula is C17H21N. The van der Waals surface area contributed by atoms with Crippen LogP contribution in [0.5, 0.6) is 0 Å². The topological polar surface area (TPSA) is 26.0 Å². The Bertz CT molecular complexity index is 471. The Morgan fingerprint density at radius 1 is 0.833 bits per heavy atom. The lowest BCUT2D eigenvalue weighted by atomic mass is 9.96. The number of nitrogens with two attached hydrogens (primary N) is 1. The van der Waals surface area contributed by atoms with Crippen LogP contribution in [0.3, 0.4) is 0 Å². The lowest BCUT2D eigenvalue weighted by Crippen LogP contribution is -2.11. The molecule has 2 rings (SSSR count). The van der Waals surface area contributed by atoms with Gasteiger partial charge < -0.3 is 5.73 Å². The van der Waals surface area contributed by atoms with Crippen molar-refractivity contribution in [2.45, 2.75) is 26.3 Å². The van der Waals surface area contributed by atoms with E-state index in [9.17, 15) is 0 Å². The quantitative estimate of drug-likeness (QED) is 0.859. The average molecular weight is 239 g/mol. The van der Waals surface area contributed by atoms with Crippen molar-refractivity contribution in [3.63, 3.8) is 0 Å². The van der Waals surface area contributed by atoms with Gasteiger partial charge in [0.05, 0.1) is 6.04 Å². The summed E-state index contributed by atoms with van der Waals surface area (Å²) in [6.07, 6.45) is 1.13. The Labute approximate surface area is 110 Å². The highest BCUT2D eigenvalue weighted by Crippen LogP contribution is 2.20. The zero-order valence-corrected chi connectivity index (χ0v) is 11.1. The van der Waals surface area contributed by atoms with Crippen molar-refractivity contribution in [2.75, 3.05) is 0 Å². The van der Waals surface area contributed by atoms with Gasteiger partial charge in [0.2, 0.25) is 0 Å². The summed E-state index contributed by atoms with van der Waals surface area (Å²) >= 11 is 0. The van der Waals surface area contributed by atoms with E-state index in [1.165, 1.54) is 11.1 Å². The predicted molar refractivity (Wildman–Crippen MR) is 77.5 cm³/mol. The first-order valence-electron chi connectivity index (χ1n) is 6.56. The van der Waals surface area contributed by atoms with Gasteiger partial charge in [-0.1, -0.05) is 68.4 Å². The summed E-state index contributed by atoms with van der Waals surface area (Å²) in [5.74, 6) is 0.693. The van der Waals surface area contributed by atoms with Crippen molar-refractivity contribution in [3.8, 4) is 0 Å². The third-order valence-corrected chi connectivity index (χ3v) is 3.14. The first kappa shape index (κ1) is 12.8. The second-order valence-electron chi connectivity index (χ2n) is 5.23. The minimum absolute atomic E-state index is 0.0284. The summed E-state index contributed by atoms with van der Waals surface area (Å²) in [7, 11) is 0. The van der Waals surface area contributed by atoms with Gasteiger partial charge in [-0.15, -0.1) is 0 Å². The van der Waals surface area contributed by atoms with Gasteiger partial charge in [-0.2, -0.15) is 0 Å². The molecule has 0 bridgehead atoms. The summed E-state index contributed by atoms with van der Waals surface area (Å²) in [5.41, 5.74) is 9.99. The second kappa shape index (κ2) is 5.83. The molecule has 0 saturated heterocycles. The van der Waals surface area contributed by atoms with Gasteiger partial charge in [0.25, 0.3) is 0 Å². The number of hydrogen-bond donors (Lipinski definition) is 1. The van der Waals surface area contributed by atoms with Crippen LogP contribution in [0.25, 0.3) is 0 Å². The monoisotopic (exact) mass is 239 g/mol. The SMILES string of the molecule is CC(C)Cc1ccc(C(N)c2ccccc2)cc1. The molecule has 0 spiro atoms. The number of rotatable bonds is 4. The fourth-order valence-electron chi connectivity index (χ4n) is 2.19. The van der Waals surface area contributed by atoms with Gasteiger partial charge in [-0.25, -0.2) is 0 Å². The van der Waals surface area contributed by atoms with E-state index in [1.54, 1.807) is 0 Å². The third kappa shape index (κ3) is 3.21. The first-order chi connectivity index (χ1) is 8.66. The molecule has 1 unspecified atom stereocenters. The lowest BCUT2D eigenvalue weighted by molar-refractivity contribution is 0.647. The van der Waals surface area contributed by atoms with E-state index in [2.05, 4.69) is 50.2 Å². The summed E-state index contributed by atoms with van der Waals surface area (Å²) in [4.78, 5) is 0. The van der Waals surface area contributed by atoms with E-state index in [1.807, 2.05) is 18.2 Å². The van der Waals surface area contributed by atoms with Crippen molar-refractivity contribution in [1.82, 2.24) is 0 Å². The number of hydrogen-bond acceptors (Lipinski definition) is 1. The van der Waals surface area contributed by atoms with Gasteiger partial charge in [0.1, 0.15) is 0 Å². The first-order valence-corrected chi connectivity index (χ1v) is 6.56. The zero-order chi connectivity index (χ0) is 13.0. The summed E-state index contributed by atoms with van der Waals surface area (Å²) in [5, 5.41) is 0. The summed E-state index contributed by atoms with van der Waals surface area (Å²) in [6.45, 7) is 4.48. The van der Waals surface area contributed by atoms with E-state index >= 15 is 0 Å². The van der Waals surface area contributed by atoms with Crippen LogP contribution >= 0.6 is 0 Å². The molecule has 0 radical (unpaired) electrons. The third-order valence-electron chi connectivity index (χ3n) is 3.14. The molecule has 0 fully saturated rings. The maximum Gasteiger partial charge on any atom is 0.0551 e. The van der Waals surface area contributed by atoms with Crippen molar-refractivity contribution in [2.24, 2.45) is 11.7 Å². The van der Waals surface area contributed by atoms with Gasteiger partial charge >= 0.3 is 0 Å². The minimum Gasteiger partial charge on any atom is -0.320 e. The average Bonchev–Trinajstić information content (AvgIpc) is 2.39. The normalized spacial score (nSPS) is 12.7. The molecule has 1 heteroatoms. The molecule has 1 nitrogen and oxygen atoms in total. The largest absolute Gasteiger partial charge is 0.320 e. The van der Waals surface area contributed by atoms with Gasteiger partial charge in [0.15, 0.2) is 0 Å². The highest BCUT2D eigenvalue weighted by atomic mass is 14.6. The molecular weight excluding hydrogens is 218 g/mol. The molecule has 0 aliphatic carbocycles. The van der Waals surface area contributed by atoms with E-state index in [-0.39, 0.29) is 6.04 Å². The molecule has 0 aliphatic rings. The van der Waals surface area contributed by atoms with Gasteiger partial charge in [-0.3, -0.25) is 0 Å². The Morgan fingerprint density at radius 3 is 1.94 bits per heavy atom. The Morgan fingerprint density at radius 2 is 1.39 bits per heavy atom. The smallest absolute Gasteiger partial charge is 0.0551 e. The van der Waals surface area contributed by atoms with Crippen molar-refractivity contribution in [3.05, 3.63) is 71.3 Å². The fourth-order valence-corrected chi connectivity index (χ4v) is 2.19. The van der Waals surface area contributed by atoms with Gasteiger partial charge in [0, 0.05) is 0 Å². The molecule has 0 amide bonds. The molecule has 18 heavy (non-hydrogen) atoms. The van der Waals surface area contributed by atoms with Gasteiger partial charge in [-0.05, 0) is 29.0 Å². The molecule has 2 aromatic carbocycles. The molecule has 0 saturated carbocycles. The van der Waals surface area contributed by atoms with Crippen molar-refractivity contribution < 1.29 is 0 Å². The van der Waals surface area contributed by atoms with E-state index < -0.39 is 0 Å². The maximum absolute atomic E-state index is 6.27. The molecule has 2 aromatic rings. The van der Waals surface area contributed by atoms with E-state index in [0.29, 0.717) is 5.92 Å². The molecule has 94 valence electrons. The second-order valence-corrected chi connectivity index (χ2v) is 5.23.